The van der Waals surface area contributed by atoms with Gasteiger partial charge in [-0.3, -0.25) is 4.79 Å². The van der Waals surface area contributed by atoms with Crippen LogP contribution in [0.5, 0.6) is 0 Å². The van der Waals surface area contributed by atoms with Crippen LogP contribution in [0.2, 0.25) is 0 Å². The number of aromatic nitrogens is 3. The van der Waals surface area contributed by atoms with Gasteiger partial charge in [-0.2, -0.15) is 24.9 Å². The van der Waals surface area contributed by atoms with Gasteiger partial charge < -0.3 is 15.2 Å². The van der Waals surface area contributed by atoms with E-state index in [2.05, 4.69) is 10.2 Å². The molecule has 0 aromatic carbocycles. The molecule has 2 N–H and O–H groups in total. The fourth-order valence-corrected chi connectivity index (χ4v) is 2.65. The molecule has 1 aliphatic rings. The van der Waals surface area contributed by atoms with Crippen molar-refractivity contribution in [2.75, 3.05) is 18.6 Å². The van der Waals surface area contributed by atoms with Gasteiger partial charge in [-0.05, 0) is 18.4 Å². The molecule has 0 radical (unpaired) electrons. The fourth-order valence-electron chi connectivity index (χ4n) is 2.16. The Labute approximate surface area is 123 Å². The number of hydrogen-bond donors (Lipinski definition) is 1. The Balaban J connectivity index is 2.07. The van der Waals surface area contributed by atoms with E-state index in [1.807, 2.05) is 6.26 Å². The third-order valence-electron chi connectivity index (χ3n) is 3.27. The lowest BCUT2D eigenvalue weighted by Crippen LogP contribution is -2.47. The number of nitrogens with zero attached hydrogens (tertiary/aromatic N) is 4. The third-order valence-corrected chi connectivity index (χ3v) is 3.91. The molecule has 6 nitrogen and oxygen atoms in total. The van der Waals surface area contributed by atoms with E-state index in [0.29, 0.717) is 6.42 Å². The molecule has 1 atom stereocenters. The molecule has 0 fully saturated rings. The first kappa shape index (κ1) is 16.1. The zero-order valence-electron chi connectivity index (χ0n) is 11.4. The number of nitrogens with two attached hydrogens (primary N) is 1. The highest BCUT2D eigenvalue weighted by molar-refractivity contribution is 7.98. The molecule has 118 valence electrons. The Morgan fingerprint density at radius 3 is 2.76 bits per heavy atom. The van der Waals surface area contributed by atoms with Crippen LogP contribution in [0.25, 0.3) is 0 Å². The van der Waals surface area contributed by atoms with E-state index in [9.17, 15) is 18.0 Å². The topological polar surface area (TPSA) is 77.0 Å². The maximum Gasteiger partial charge on any atom is 0.451 e. The van der Waals surface area contributed by atoms with Crippen LogP contribution in [-0.2, 0) is 24.1 Å². The van der Waals surface area contributed by atoms with Crippen LogP contribution in [0.4, 0.5) is 13.2 Å². The summed E-state index contributed by atoms with van der Waals surface area (Å²) in [6, 6.07) is -0.631. The van der Waals surface area contributed by atoms with Crippen molar-refractivity contribution in [3.05, 3.63) is 11.6 Å². The molecule has 1 amide bonds. The number of amides is 1. The normalized spacial score (nSPS) is 16.7. The summed E-state index contributed by atoms with van der Waals surface area (Å²) in [5.41, 5.74) is 5.80. The molecule has 1 aromatic heterocycles. The SMILES string of the molecule is CSCC[C@@H](N)C(=O)N1CCn2c(nnc2C(F)(F)F)C1. The van der Waals surface area contributed by atoms with Crippen molar-refractivity contribution < 1.29 is 18.0 Å². The first-order valence-corrected chi connectivity index (χ1v) is 7.76. The largest absolute Gasteiger partial charge is 0.451 e. The predicted molar refractivity (Wildman–Crippen MR) is 71.4 cm³/mol. The third kappa shape index (κ3) is 3.49. The zero-order chi connectivity index (χ0) is 15.6. The van der Waals surface area contributed by atoms with Crippen molar-refractivity contribution in [2.45, 2.75) is 31.7 Å². The van der Waals surface area contributed by atoms with Crippen molar-refractivity contribution in [3.8, 4) is 0 Å². The van der Waals surface area contributed by atoms with Crippen molar-refractivity contribution in [1.29, 1.82) is 0 Å². The van der Waals surface area contributed by atoms with Crippen molar-refractivity contribution >= 4 is 17.7 Å². The first-order valence-electron chi connectivity index (χ1n) is 6.37. The van der Waals surface area contributed by atoms with Gasteiger partial charge in [0.05, 0.1) is 12.6 Å². The van der Waals surface area contributed by atoms with Gasteiger partial charge in [0.2, 0.25) is 11.7 Å². The number of thioether (sulfide) groups is 1. The molecule has 2 rings (SSSR count). The molecule has 21 heavy (non-hydrogen) atoms. The summed E-state index contributed by atoms with van der Waals surface area (Å²) in [7, 11) is 0. The summed E-state index contributed by atoms with van der Waals surface area (Å²) in [6.07, 6.45) is -2.08. The van der Waals surface area contributed by atoms with Crippen molar-refractivity contribution in [3.63, 3.8) is 0 Å². The van der Waals surface area contributed by atoms with Crippen LogP contribution >= 0.6 is 11.8 Å². The number of hydrogen-bond acceptors (Lipinski definition) is 5. The Kier molecular flexibility index (Phi) is 4.77. The average molecular weight is 323 g/mol. The molecule has 0 saturated carbocycles. The van der Waals surface area contributed by atoms with Crippen LogP contribution in [0.15, 0.2) is 0 Å². The highest BCUT2D eigenvalue weighted by Gasteiger charge is 2.40. The van der Waals surface area contributed by atoms with E-state index >= 15 is 0 Å². The second kappa shape index (κ2) is 6.22. The molecule has 0 unspecified atom stereocenters. The van der Waals surface area contributed by atoms with Gasteiger partial charge in [-0.1, -0.05) is 0 Å². The average Bonchev–Trinajstić information content (AvgIpc) is 2.86. The van der Waals surface area contributed by atoms with Crippen LogP contribution in [-0.4, -0.2) is 50.2 Å². The van der Waals surface area contributed by atoms with Gasteiger partial charge >= 0.3 is 6.18 Å². The molecular weight excluding hydrogens is 307 g/mol. The molecule has 1 aromatic rings. The van der Waals surface area contributed by atoms with Crippen LogP contribution in [0.3, 0.4) is 0 Å². The summed E-state index contributed by atoms with van der Waals surface area (Å²) in [5.74, 6) is -0.378. The molecule has 1 aliphatic heterocycles. The van der Waals surface area contributed by atoms with E-state index in [1.165, 1.54) is 4.90 Å². The zero-order valence-corrected chi connectivity index (χ0v) is 12.2. The minimum Gasteiger partial charge on any atom is -0.332 e. The van der Waals surface area contributed by atoms with Gasteiger partial charge in [0.25, 0.3) is 0 Å². The van der Waals surface area contributed by atoms with Crippen LogP contribution < -0.4 is 5.73 Å². The van der Waals surface area contributed by atoms with Gasteiger partial charge in [-0.25, -0.2) is 0 Å². The highest BCUT2D eigenvalue weighted by Crippen LogP contribution is 2.29. The summed E-state index contributed by atoms with van der Waals surface area (Å²) in [5, 5.41) is 6.70. The maximum absolute atomic E-state index is 12.7. The molecule has 0 aliphatic carbocycles. The molecule has 10 heteroatoms. The van der Waals surface area contributed by atoms with Crippen molar-refractivity contribution in [1.82, 2.24) is 19.7 Å². The monoisotopic (exact) mass is 323 g/mol. The minimum atomic E-state index is -4.54. The van der Waals surface area contributed by atoms with Gasteiger partial charge in [0.1, 0.15) is 0 Å². The Morgan fingerprint density at radius 2 is 2.14 bits per heavy atom. The van der Waals surface area contributed by atoms with E-state index in [4.69, 9.17) is 5.73 Å². The molecule has 0 bridgehead atoms. The van der Waals surface area contributed by atoms with Crippen LogP contribution in [0.1, 0.15) is 18.1 Å². The summed E-state index contributed by atoms with van der Waals surface area (Å²) in [6.45, 7) is 0.215. The summed E-state index contributed by atoms with van der Waals surface area (Å²) >= 11 is 1.59. The van der Waals surface area contributed by atoms with Crippen molar-refractivity contribution in [2.24, 2.45) is 5.73 Å². The summed E-state index contributed by atoms with van der Waals surface area (Å²) in [4.78, 5) is 13.6. The van der Waals surface area contributed by atoms with E-state index < -0.39 is 18.0 Å². The Hall–Kier alpha value is -1.29. The maximum atomic E-state index is 12.7. The molecule has 0 spiro atoms. The second-order valence-electron chi connectivity index (χ2n) is 4.74. The van der Waals surface area contributed by atoms with Gasteiger partial charge in [0, 0.05) is 13.1 Å². The molecular formula is C11H16F3N5OS. The predicted octanol–water partition coefficient (Wildman–Crippen LogP) is 0.719. The number of carbonyl (C=O) groups is 1. The lowest BCUT2D eigenvalue weighted by molar-refractivity contribution is -0.148. The number of alkyl halides is 3. The fraction of sp³-hybridized carbons (Fsp3) is 0.727. The second-order valence-corrected chi connectivity index (χ2v) is 5.72. The smallest absolute Gasteiger partial charge is 0.332 e. The Bertz CT molecular complexity index is 518. The number of carbonyl (C=O) groups excluding carboxylic acids is 1. The lowest BCUT2D eigenvalue weighted by atomic mass is 10.2. The lowest BCUT2D eigenvalue weighted by Gasteiger charge is -2.30. The quantitative estimate of drug-likeness (QED) is 0.883. The molecule has 2 heterocycles. The first-order chi connectivity index (χ1) is 9.84. The summed E-state index contributed by atoms with van der Waals surface area (Å²) < 4.78 is 39.1. The van der Waals surface area contributed by atoms with Crippen LogP contribution in [0, 0.1) is 0 Å². The highest BCUT2D eigenvalue weighted by atomic mass is 32.2. The standard InChI is InChI=1S/C11H16F3N5OS/c1-21-5-2-7(15)9(20)18-3-4-19-8(6-18)16-17-10(19)11(12,13)14/h7H,2-6,15H2,1H3/t7-/m1/s1. The van der Waals surface area contributed by atoms with Gasteiger partial charge in [0.15, 0.2) is 5.82 Å². The number of rotatable bonds is 4. The van der Waals surface area contributed by atoms with Gasteiger partial charge in [-0.15, -0.1) is 10.2 Å². The van der Waals surface area contributed by atoms with E-state index in [0.717, 1.165) is 10.3 Å². The van der Waals surface area contributed by atoms with E-state index in [1.54, 1.807) is 11.8 Å². The number of halogens is 3. The minimum absolute atomic E-state index is 0.00881. The molecule has 0 saturated heterocycles. The van der Waals surface area contributed by atoms with E-state index in [-0.39, 0.29) is 31.4 Å². The number of fused-ring (bicyclic) bond motifs is 1. The Morgan fingerprint density at radius 1 is 1.43 bits per heavy atom.